The molecule has 0 atom stereocenters. The molecule has 0 radical (unpaired) electrons. The fraction of sp³-hybridized carbons (Fsp3) is 0.308. The second-order valence-electron chi connectivity index (χ2n) is 4.50. The molecule has 1 aromatic heterocycles. The average Bonchev–Trinajstić information content (AvgIpc) is 2.33. The molecule has 20 heavy (non-hydrogen) atoms. The third kappa shape index (κ3) is 3.57. The molecule has 0 spiro atoms. The first-order valence-electron chi connectivity index (χ1n) is 6.16. The lowest BCUT2D eigenvalue weighted by Gasteiger charge is -2.12. The molecular weight excluding hydrogens is 322 g/mol. The molecule has 0 amide bonds. The maximum atomic E-state index is 5.67. The lowest BCUT2D eigenvalue weighted by Crippen LogP contribution is -2.12. The van der Waals surface area contributed by atoms with E-state index in [1.807, 2.05) is 39.0 Å². The third-order valence-electron chi connectivity index (χ3n) is 2.49. The van der Waals surface area contributed by atoms with Gasteiger partial charge in [0.1, 0.15) is 0 Å². The van der Waals surface area contributed by atoms with E-state index >= 15 is 0 Å². The Labute approximate surface area is 125 Å². The highest BCUT2D eigenvalue weighted by Gasteiger charge is 2.09. The zero-order chi connectivity index (χ0) is 14.7. The molecule has 6 nitrogen and oxygen atoms in total. The van der Waals surface area contributed by atoms with Crippen molar-refractivity contribution in [3.8, 4) is 6.01 Å². The summed E-state index contributed by atoms with van der Waals surface area (Å²) in [6.07, 6.45) is -0.0303. The van der Waals surface area contributed by atoms with Gasteiger partial charge in [0.15, 0.2) is 0 Å². The van der Waals surface area contributed by atoms with Crippen LogP contribution in [0.5, 0.6) is 6.01 Å². The van der Waals surface area contributed by atoms with E-state index in [0.717, 1.165) is 15.7 Å². The number of nitrogens with one attached hydrogen (secondary N) is 1. The predicted molar refractivity (Wildman–Crippen MR) is 82.2 cm³/mol. The molecule has 0 saturated heterocycles. The van der Waals surface area contributed by atoms with E-state index in [4.69, 9.17) is 10.5 Å². The van der Waals surface area contributed by atoms with Crippen LogP contribution in [-0.4, -0.2) is 21.1 Å². The van der Waals surface area contributed by atoms with Crippen molar-refractivity contribution in [2.75, 3.05) is 11.1 Å². The molecule has 0 unspecified atom stereocenters. The van der Waals surface area contributed by atoms with Gasteiger partial charge in [-0.15, -0.1) is 0 Å². The zero-order valence-electron chi connectivity index (χ0n) is 11.5. The summed E-state index contributed by atoms with van der Waals surface area (Å²) in [6.45, 7) is 5.78. The van der Waals surface area contributed by atoms with Crippen LogP contribution in [0.15, 0.2) is 22.7 Å². The molecule has 0 saturated carbocycles. The van der Waals surface area contributed by atoms with Crippen LogP contribution in [0, 0.1) is 6.92 Å². The largest absolute Gasteiger partial charge is 0.461 e. The Morgan fingerprint density at radius 2 is 2.00 bits per heavy atom. The molecule has 0 bridgehead atoms. The summed E-state index contributed by atoms with van der Waals surface area (Å²) in [7, 11) is 0. The summed E-state index contributed by atoms with van der Waals surface area (Å²) in [6, 6.07) is 6.04. The van der Waals surface area contributed by atoms with Crippen LogP contribution in [0.1, 0.15) is 19.4 Å². The highest BCUT2D eigenvalue weighted by Crippen LogP contribution is 2.25. The predicted octanol–water partition coefficient (Wildman–Crippen LogP) is 3.06. The van der Waals surface area contributed by atoms with Gasteiger partial charge in [0.25, 0.3) is 0 Å². The van der Waals surface area contributed by atoms with Crippen LogP contribution in [0.2, 0.25) is 0 Å². The van der Waals surface area contributed by atoms with E-state index < -0.39 is 0 Å². The monoisotopic (exact) mass is 337 g/mol. The Morgan fingerprint density at radius 1 is 1.25 bits per heavy atom. The highest BCUT2D eigenvalue weighted by molar-refractivity contribution is 9.10. The minimum atomic E-state index is -0.0303. The number of hydrogen-bond acceptors (Lipinski definition) is 6. The van der Waals surface area contributed by atoms with Gasteiger partial charge >= 0.3 is 6.01 Å². The summed E-state index contributed by atoms with van der Waals surface area (Å²) < 4.78 is 6.44. The first-order valence-corrected chi connectivity index (χ1v) is 6.95. The molecule has 0 aliphatic carbocycles. The van der Waals surface area contributed by atoms with E-state index in [1.165, 1.54) is 0 Å². The van der Waals surface area contributed by atoms with Crippen molar-refractivity contribution in [2.24, 2.45) is 0 Å². The Bertz CT molecular complexity index is 618. The number of rotatable bonds is 4. The molecule has 0 aliphatic rings. The van der Waals surface area contributed by atoms with Gasteiger partial charge in [0.2, 0.25) is 11.9 Å². The molecule has 0 aliphatic heterocycles. The van der Waals surface area contributed by atoms with Crippen LogP contribution < -0.4 is 15.8 Å². The minimum absolute atomic E-state index is 0.0303. The van der Waals surface area contributed by atoms with Crippen molar-refractivity contribution in [1.29, 1.82) is 0 Å². The summed E-state index contributed by atoms with van der Waals surface area (Å²) in [5.41, 5.74) is 7.61. The van der Waals surface area contributed by atoms with Crippen molar-refractivity contribution in [2.45, 2.75) is 26.9 Å². The first kappa shape index (κ1) is 14.5. The molecule has 2 aromatic rings. The number of benzene rings is 1. The lowest BCUT2D eigenvalue weighted by molar-refractivity contribution is 0.222. The van der Waals surface area contributed by atoms with E-state index in [0.29, 0.717) is 5.95 Å². The number of hydrogen-bond donors (Lipinski definition) is 2. The second-order valence-corrected chi connectivity index (χ2v) is 5.36. The Morgan fingerprint density at radius 3 is 2.70 bits per heavy atom. The van der Waals surface area contributed by atoms with Gasteiger partial charge in [0, 0.05) is 10.2 Å². The zero-order valence-corrected chi connectivity index (χ0v) is 13.1. The van der Waals surface area contributed by atoms with Crippen molar-refractivity contribution < 1.29 is 4.74 Å². The van der Waals surface area contributed by atoms with Gasteiger partial charge < -0.3 is 15.8 Å². The van der Waals surface area contributed by atoms with Crippen molar-refractivity contribution >= 4 is 33.5 Å². The van der Waals surface area contributed by atoms with Gasteiger partial charge in [-0.2, -0.15) is 15.0 Å². The van der Waals surface area contributed by atoms with Crippen molar-refractivity contribution in [3.63, 3.8) is 0 Å². The summed E-state index contributed by atoms with van der Waals surface area (Å²) >= 11 is 3.48. The Kier molecular flexibility index (Phi) is 4.39. The van der Waals surface area contributed by atoms with Crippen LogP contribution in [-0.2, 0) is 0 Å². The topological polar surface area (TPSA) is 86.0 Å². The molecule has 3 N–H and O–H groups in total. The standard InChI is InChI=1S/C13H16BrN5O/c1-7(2)20-13-18-11(15)17-12(19-13)16-10-6-4-5-9(14)8(10)3/h4-7H,1-3H3,(H3,15,16,17,18,19). The average molecular weight is 338 g/mol. The normalized spacial score (nSPS) is 10.7. The molecule has 2 rings (SSSR count). The number of anilines is 3. The highest BCUT2D eigenvalue weighted by atomic mass is 79.9. The van der Waals surface area contributed by atoms with Gasteiger partial charge in [-0.25, -0.2) is 0 Å². The summed E-state index contributed by atoms with van der Waals surface area (Å²) in [4.78, 5) is 12.2. The summed E-state index contributed by atoms with van der Waals surface area (Å²) in [5, 5.41) is 3.12. The number of halogens is 1. The molecule has 1 aromatic carbocycles. The number of aromatic nitrogens is 3. The maximum absolute atomic E-state index is 5.67. The second kappa shape index (κ2) is 6.04. The number of nitrogens with zero attached hydrogens (tertiary/aromatic N) is 3. The maximum Gasteiger partial charge on any atom is 0.323 e. The first-order chi connectivity index (χ1) is 9.45. The minimum Gasteiger partial charge on any atom is -0.461 e. The van der Waals surface area contributed by atoms with E-state index in [-0.39, 0.29) is 18.1 Å². The number of nitrogen functional groups attached to an aromatic ring is 1. The molecule has 0 fully saturated rings. The smallest absolute Gasteiger partial charge is 0.323 e. The van der Waals surface area contributed by atoms with Gasteiger partial charge in [-0.05, 0) is 38.5 Å². The lowest BCUT2D eigenvalue weighted by atomic mass is 10.2. The van der Waals surface area contributed by atoms with Crippen LogP contribution in [0.25, 0.3) is 0 Å². The van der Waals surface area contributed by atoms with E-state index in [1.54, 1.807) is 0 Å². The van der Waals surface area contributed by atoms with E-state index in [2.05, 4.69) is 36.2 Å². The molecule has 1 heterocycles. The molecule has 106 valence electrons. The van der Waals surface area contributed by atoms with Crippen molar-refractivity contribution in [3.05, 3.63) is 28.2 Å². The Balaban J connectivity index is 2.29. The SMILES string of the molecule is Cc1c(Br)cccc1Nc1nc(N)nc(OC(C)C)n1. The fourth-order valence-electron chi connectivity index (χ4n) is 1.55. The number of nitrogens with two attached hydrogens (primary N) is 1. The van der Waals surface area contributed by atoms with Crippen LogP contribution in [0.3, 0.4) is 0 Å². The Hall–Kier alpha value is -1.89. The number of ether oxygens (including phenoxy) is 1. The summed E-state index contributed by atoms with van der Waals surface area (Å²) in [5.74, 6) is 0.472. The van der Waals surface area contributed by atoms with E-state index in [9.17, 15) is 0 Å². The van der Waals surface area contributed by atoms with Crippen LogP contribution >= 0.6 is 15.9 Å². The van der Waals surface area contributed by atoms with Gasteiger partial charge in [0.05, 0.1) is 6.10 Å². The van der Waals surface area contributed by atoms with Crippen molar-refractivity contribution in [1.82, 2.24) is 15.0 Å². The molecule has 7 heteroatoms. The van der Waals surface area contributed by atoms with Gasteiger partial charge in [-0.3, -0.25) is 0 Å². The van der Waals surface area contributed by atoms with Crippen LogP contribution in [0.4, 0.5) is 17.6 Å². The molecular formula is C13H16BrN5O. The fourth-order valence-corrected chi connectivity index (χ4v) is 1.92. The quantitative estimate of drug-likeness (QED) is 0.891. The third-order valence-corrected chi connectivity index (χ3v) is 3.35. The van der Waals surface area contributed by atoms with Gasteiger partial charge in [-0.1, -0.05) is 22.0 Å².